The molecule has 1 fully saturated rings. The number of aromatic nitrogens is 3. The summed E-state index contributed by atoms with van der Waals surface area (Å²) in [5, 5.41) is 11.7. The van der Waals surface area contributed by atoms with E-state index in [2.05, 4.69) is 20.1 Å². The Balaban J connectivity index is 1.48. The molecule has 8 nitrogen and oxygen atoms in total. The van der Waals surface area contributed by atoms with Crippen LogP contribution in [0, 0.1) is 0 Å². The SMILES string of the molecule is CCC(=O)N1CCCCC1c1nnc2n1CCN(C(=O)Nc1ccccc1)C2. The van der Waals surface area contributed by atoms with Gasteiger partial charge in [0.1, 0.15) is 0 Å². The molecule has 0 radical (unpaired) electrons. The Kier molecular flexibility index (Phi) is 5.27. The number of hydrogen-bond donors (Lipinski definition) is 1. The summed E-state index contributed by atoms with van der Waals surface area (Å²) in [4.78, 5) is 28.6. The summed E-state index contributed by atoms with van der Waals surface area (Å²) >= 11 is 0. The molecule has 0 bridgehead atoms. The number of urea groups is 1. The number of benzene rings is 1. The van der Waals surface area contributed by atoms with Crippen molar-refractivity contribution in [1.82, 2.24) is 24.6 Å². The number of nitrogens with one attached hydrogen (secondary N) is 1. The molecule has 0 saturated carbocycles. The number of fused-ring (bicyclic) bond motifs is 1. The van der Waals surface area contributed by atoms with E-state index in [0.717, 1.165) is 43.1 Å². The molecule has 1 atom stereocenters. The Bertz CT molecular complexity index is 850. The van der Waals surface area contributed by atoms with Crippen LogP contribution < -0.4 is 5.32 Å². The molecule has 1 aromatic carbocycles. The standard InChI is InChI=1S/C20H26N6O2/c1-2-18(27)25-11-7-6-10-16(25)19-23-22-17-14-24(12-13-26(17)19)20(28)21-15-8-4-3-5-9-15/h3-5,8-9,16H,2,6-7,10-14H2,1H3,(H,21,28). The van der Waals surface area contributed by atoms with Crippen LogP contribution in [-0.2, 0) is 17.9 Å². The summed E-state index contributed by atoms with van der Waals surface area (Å²) in [6.45, 7) is 4.33. The smallest absolute Gasteiger partial charge is 0.322 e. The van der Waals surface area contributed by atoms with Crippen molar-refractivity contribution in [2.45, 2.75) is 51.7 Å². The number of anilines is 1. The second-order valence-electron chi connectivity index (χ2n) is 7.30. The minimum Gasteiger partial charge on any atom is -0.332 e. The molecule has 28 heavy (non-hydrogen) atoms. The van der Waals surface area contributed by atoms with E-state index in [1.807, 2.05) is 42.2 Å². The van der Waals surface area contributed by atoms with Gasteiger partial charge in [0.05, 0.1) is 12.6 Å². The molecule has 3 amide bonds. The molecule has 4 rings (SSSR count). The molecule has 8 heteroatoms. The van der Waals surface area contributed by atoms with E-state index in [0.29, 0.717) is 26.1 Å². The van der Waals surface area contributed by atoms with Crippen molar-refractivity contribution in [1.29, 1.82) is 0 Å². The van der Waals surface area contributed by atoms with Crippen molar-refractivity contribution in [2.24, 2.45) is 0 Å². The maximum absolute atomic E-state index is 12.6. The number of nitrogens with zero attached hydrogens (tertiary/aromatic N) is 5. The topological polar surface area (TPSA) is 83.4 Å². The van der Waals surface area contributed by atoms with Crippen LogP contribution in [0.25, 0.3) is 0 Å². The van der Waals surface area contributed by atoms with Gasteiger partial charge in [-0.15, -0.1) is 10.2 Å². The summed E-state index contributed by atoms with van der Waals surface area (Å²) in [7, 11) is 0. The van der Waals surface area contributed by atoms with E-state index >= 15 is 0 Å². The Morgan fingerprint density at radius 1 is 1.11 bits per heavy atom. The lowest BCUT2D eigenvalue weighted by atomic mass is 10.0. The Morgan fingerprint density at radius 2 is 1.93 bits per heavy atom. The van der Waals surface area contributed by atoms with Crippen LogP contribution in [0.3, 0.4) is 0 Å². The second kappa shape index (κ2) is 8.00. The molecule has 1 N–H and O–H groups in total. The maximum Gasteiger partial charge on any atom is 0.322 e. The Morgan fingerprint density at radius 3 is 2.71 bits per heavy atom. The highest BCUT2D eigenvalue weighted by Crippen LogP contribution is 2.31. The number of carbonyl (C=O) groups excluding carboxylic acids is 2. The van der Waals surface area contributed by atoms with Gasteiger partial charge in [-0.2, -0.15) is 0 Å². The van der Waals surface area contributed by atoms with E-state index in [9.17, 15) is 9.59 Å². The van der Waals surface area contributed by atoms with Gasteiger partial charge in [-0.3, -0.25) is 4.79 Å². The van der Waals surface area contributed by atoms with Gasteiger partial charge in [0.25, 0.3) is 0 Å². The summed E-state index contributed by atoms with van der Waals surface area (Å²) in [6.07, 6.45) is 3.55. The van der Waals surface area contributed by atoms with Gasteiger partial charge in [-0.05, 0) is 31.4 Å². The van der Waals surface area contributed by atoms with Crippen LogP contribution in [0.15, 0.2) is 30.3 Å². The van der Waals surface area contributed by atoms with Gasteiger partial charge in [0.15, 0.2) is 11.6 Å². The fourth-order valence-electron chi connectivity index (χ4n) is 4.03. The van der Waals surface area contributed by atoms with Gasteiger partial charge in [0, 0.05) is 31.7 Å². The normalized spacial score (nSPS) is 19.2. The van der Waals surface area contributed by atoms with Crippen molar-refractivity contribution < 1.29 is 9.59 Å². The molecule has 148 valence electrons. The van der Waals surface area contributed by atoms with Crippen molar-refractivity contribution >= 4 is 17.6 Å². The zero-order valence-electron chi connectivity index (χ0n) is 16.2. The first-order valence-corrected chi connectivity index (χ1v) is 9.99. The minimum absolute atomic E-state index is 0.00727. The minimum atomic E-state index is -0.137. The van der Waals surface area contributed by atoms with E-state index in [1.165, 1.54) is 0 Å². The summed E-state index contributed by atoms with van der Waals surface area (Å²) in [5.41, 5.74) is 0.774. The molecular weight excluding hydrogens is 356 g/mol. The molecule has 2 aliphatic heterocycles. The van der Waals surface area contributed by atoms with Gasteiger partial charge in [0.2, 0.25) is 5.91 Å². The highest BCUT2D eigenvalue weighted by atomic mass is 16.2. The molecule has 0 spiro atoms. The van der Waals surface area contributed by atoms with Crippen molar-refractivity contribution in [2.75, 3.05) is 18.4 Å². The van der Waals surface area contributed by atoms with Gasteiger partial charge in [-0.25, -0.2) is 4.79 Å². The van der Waals surface area contributed by atoms with Crippen LogP contribution in [-0.4, -0.2) is 49.6 Å². The van der Waals surface area contributed by atoms with Crippen LogP contribution >= 0.6 is 0 Å². The van der Waals surface area contributed by atoms with Crippen molar-refractivity contribution in [3.8, 4) is 0 Å². The van der Waals surface area contributed by atoms with Gasteiger partial charge < -0.3 is 19.7 Å². The number of piperidine rings is 1. The zero-order chi connectivity index (χ0) is 19.5. The zero-order valence-corrected chi connectivity index (χ0v) is 16.2. The summed E-state index contributed by atoms with van der Waals surface area (Å²) in [5.74, 6) is 1.81. The second-order valence-corrected chi connectivity index (χ2v) is 7.30. The quantitative estimate of drug-likeness (QED) is 0.885. The van der Waals surface area contributed by atoms with Crippen molar-refractivity contribution in [3.05, 3.63) is 42.0 Å². The third-order valence-corrected chi connectivity index (χ3v) is 5.52. The van der Waals surface area contributed by atoms with Gasteiger partial charge in [-0.1, -0.05) is 25.1 Å². The van der Waals surface area contributed by atoms with Crippen LogP contribution in [0.4, 0.5) is 10.5 Å². The maximum atomic E-state index is 12.6. The first kappa shape index (κ1) is 18.5. The predicted molar refractivity (Wildman–Crippen MR) is 104 cm³/mol. The van der Waals surface area contributed by atoms with Gasteiger partial charge >= 0.3 is 6.03 Å². The summed E-state index contributed by atoms with van der Waals surface area (Å²) < 4.78 is 2.10. The van der Waals surface area contributed by atoms with E-state index in [-0.39, 0.29) is 18.0 Å². The Labute approximate surface area is 164 Å². The predicted octanol–water partition coefficient (Wildman–Crippen LogP) is 2.79. The number of likely N-dealkylation sites (tertiary alicyclic amines) is 1. The molecule has 1 aromatic heterocycles. The first-order chi connectivity index (χ1) is 13.7. The first-order valence-electron chi connectivity index (χ1n) is 9.99. The monoisotopic (exact) mass is 382 g/mol. The number of amides is 3. The third-order valence-electron chi connectivity index (χ3n) is 5.52. The molecule has 1 saturated heterocycles. The summed E-state index contributed by atoms with van der Waals surface area (Å²) in [6, 6.07) is 9.29. The average Bonchev–Trinajstić information content (AvgIpc) is 3.17. The van der Waals surface area contributed by atoms with E-state index in [1.54, 1.807) is 4.90 Å². The van der Waals surface area contributed by atoms with Crippen molar-refractivity contribution in [3.63, 3.8) is 0 Å². The highest BCUT2D eigenvalue weighted by Gasteiger charge is 2.33. The average molecular weight is 382 g/mol. The molecule has 2 aliphatic rings. The number of para-hydroxylation sites is 1. The lowest BCUT2D eigenvalue weighted by Gasteiger charge is -2.36. The largest absolute Gasteiger partial charge is 0.332 e. The molecule has 3 heterocycles. The molecule has 2 aromatic rings. The van der Waals surface area contributed by atoms with E-state index < -0.39 is 0 Å². The third kappa shape index (κ3) is 3.58. The lowest BCUT2D eigenvalue weighted by molar-refractivity contribution is -0.135. The fourth-order valence-corrected chi connectivity index (χ4v) is 4.03. The number of carbonyl (C=O) groups is 2. The molecule has 1 unspecified atom stereocenters. The van der Waals surface area contributed by atoms with Crippen LogP contribution in [0.5, 0.6) is 0 Å². The van der Waals surface area contributed by atoms with Crippen LogP contribution in [0.1, 0.15) is 50.3 Å². The lowest BCUT2D eigenvalue weighted by Crippen LogP contribution is -2.43. The van der Waals surface area contributed by atoms with E-state index in [4.69, 9.17) is 0 Å². The van der Waals surface area contributed by atoms with Crippen LogP contribution in [0.2, 0.25) is 0 Å². The Hall–Kier alpha value is -2.90. The fraction of sp³-hybridized carbons (Fsp3) is 0.500. The number of hydrogen-bond acceptors (Lipinski definition) is 4. The molecule has 0 aliphatic carbocycles. The number of rotatable bonds is 3. The highest BCUT2D eigenvalue weighted by molar-refractivity contribution is 5.89. The molecular formula is C20H26N6O2.